The van der Waals surface area contributed by atoms with Crippen LogP contribution in [-0.4, -0.2) is 33.7 Å². The third-order valence-corrected chi connectivity index (χ3v) is 6.79. The van der Waals surface area contributed by atoms with Gasteiger partial charge in [0.05, 0.1) is 40.7 Å². The Balaban J connectivity index is 1.14. The van der Waals surface area contributed by atoms with Crippen LogP contribution < -0.4 is 5.32 Å². The molecule has 0 aliphatic heterocycles. The third kappa shape index (κ3) is 3.11. The predicted octanol–water partition coefficient (Wildman–Crippen LogP) is 3.41. The van der Waals surface area contributed by atoms with Crippen LogP contribution in [0.5, 0.6) is 0 Å². The highest BCUT2D eigenvalue weighted by Gasteiger charge is 2.69. The van der Waals surface area contributed by atoms with Gasteiger partial charge in [-0.25, -0.2) is 9.37 Å². The van der Waals surface area contributed by atoms with E-state index in [4.69, 9.17) is 21.6 Å². The molecule has 1 aromatic carbocycles. The largest absolute Gasteiger partial charge is 0.368 e. The second-order valence-corrected chi connectivity index (χ2v) is 9.02. The quantitative estimate of drug-likeness (QED) is 0.785. The van der Waals surface area contributed by atoms with Crippen LogP contribution in [0.4, 0.5) is 4.39 Å². The fourth-order valence-corrected chi connectivity index (χ4v) is 4.98. The van der Waals surface area contributed by atoms with Crippen molar-refractivity contribution in [2.75, 3.05) is 6.61 Å². The zero-order chi connectivity index (χ0) is 20.2. The predicted molar refractivity (Wildman–Crippen MR) is 103 cm³/mol. The molecule has 29 heavy (non-hydrogen) atoms. The van der Waals surface area contributed by atoms with Gasteiger partial charge in [0.25, 0.3) is 0 Å². The first-order chi connectivity index (χ1) is 13.9. The summed E-state index contributed by atoms with van der Waals surface area (Å²) in [5.41, 5.74) is 1.23. The minimum atomic E-state index is -0.460. The van der Waals surface area contributed by atoms with Crippen LogP contribution >= 0.6 is 11.6 Å². The van der Waals surface area contributed by atoms with Crippen molar-refractivity contribution in [2.24, 2.45) is 5.92 Å². The van der Waals surface area contributed by atoms with E-state index in [0.29, 0.717) is 11.3 Å². The molecule has 0 unspecified atom stereocenters. The molecule has 0 radical (unpaired) electrons. The summed E-state index contributed by atoms with van der Waals surface area (Å²) >= 11 is 5.75. The number of nitriles is 1. The van der Waals surface area contributed by atoms with Gasteiger partial charge in [-0.15, -0.1) is 0 Å². The monoisotopic (exact) mass is 414 g/mol. The molecule has 6 nitrogen and oxygen atoms in total. The summed E-state index contributed by atoms with van der Waals surface area (Å²) in [5.74, 6) is -0.482. The maximum absolute atomic E-state index is 13.7. The molecule has 4 aliphatic carbocycles. The number of aromatic nitrogens is 2. The van der Waals surface area contributed by atoms with Crippen molar-refractivity contribution < 1.29 is 13.9 Å². The van der Waals surface area contributed by atoms with Crippen molar-refractivity contribution in [1.29, 1.82) is 5.26 Å². The van der Waals surface area contributed by atoms with Crippen molar-refractivity contribution in [3.8, 4) is 17.3 Å². The lowest BCUT2D eigenvalue weighted by Crippen LogP contribution is -2.78. The highest BCUT2D eigenvalue weighted by molar-refractivity contribution is 6.30. The average molecular weight is 415 g/mol. The van der Waals surface area contributed by atoms with E-state index in [0.717, 1.165) is 32.1 Å². The molecule has 1 heterocycles. The number of carbonyl (C=O) groups is 1. The van der Waals surface area contributed by atoms with E-state index in [9.17, 15) is 9.18 Å². The molecular formula is C21H20ClFN4O2. The number of benzene rings is 1. The number of ether oxygens (including phenoxy) is 1. The summed E-state index contributed by atoms with van der Waals surface area (Å²) in [7, 11) is 0. The molecule has 1 N–H and O–H groups in total. The number of hydrogen-bond donors (Lipinski definition) is 1. The number of nitrogens with one attached hydrogen (secondary N) is 1. The van der Waals surface area contributed by atoms with E-state index in [1.165, 1.54) is 12.1 Å². The molecule has 0 saturated heterocycles. The summed E-state index contributed by atoms with van der Waals surface area (Å²) < 4.78 is 21.4. The third-order valence-electron chi connectivity index (χ3n) is 6.48. The summed E-state index contributed by atoms with van der Waals surface area (Å²) in [4.78, 5) is 16.6. The Labute approximate surface area is 172 Å². The lowest BCUT2D eigenvalue weighted by atomic mass is 9.44. The number of halogens is 2. The molecule has 4 saturated carbocycles. The smallest absolute Gasteiger partial charge is 0.246 e. The molecular weight excluding hydrogens is 395 g/mol. The Kier molecular flexibility index (Phi) is 4.19. The molecule has 4 fully saturated rings. The minimum Gasteiger partial charge on any atom is -0.368 e. The minimum absolute atomic E-state index is 0.0155. The van der Waals surface area contributed by atoms with E-state index < -0.39 is 5.82 Å². The molecule has 0 atom stereocenters. The normalized spacial score (nSPS) is 31.8. The maximum Gasteiger partial charge on any atom is 0.246 e. The lowest BCUT2D eigenvalue weighted by Gasteiger charge is -2.70. The number of imidazole rings is 1. The first-order valence-corrected chi connectivity index (χ1v) is 10.1. The van der Waals surface area contributed by atoms with Gasteiger partial charge >= 0.3 is 0 Å². The van der Waals surface area contributed by atoms with Crippen molar-refractivity contribution in [3.63, 3.8) is 0 Å². The van der Waals surface area contributed by atoms with Crippen LogP contribution in [0.3, 0.4) is 0 Å². The van der Waals surface area contributed by atoms with E-state index >= 15 is 0 Å². The molecule has 8 heteroatoms. The zero-order valence-corrected chi connectivity index (χ0v) is 16.5. The van der Waals surface area contributed by atoms with Crippen LogP contribution in [0.2, 0.25) is 5.02 Å². The summed E-state index contributed by atoms with van der Waals surface area (Å²) in [6.07, 6.45) is 7.75. The summed E-state index contributed by atoms with van der Waals surface area (Å²) in [6, 6.07) is 6.88. The van der Waals surface area contributed by atoms with Crippen molar-refractivity contribution in [2.45, 2.75) is 49.3 Å². The Bertz CT molecular complexity index is 1000. The van der Waals surface area contributed by atoms with E-state index in [2.05, 4.69) is 20.9 Å². The Morgan fingerprint density at radius 2 is 2.17 bits per heavy atom. The molecule has 1 aromatic heterocycles. The molecule has 150 valence electrons. The Morgan fingerprint density at radius 1 is 1.41 bits per heavy atom. The molecule has 4 aliphatic rings. The second-order valence-electron chi connectivity index (χ2n) is 8.61. The van der Waals surface area contributed by atoms with Crippen molar-refractivity contribution >= 4 is 17.5 Å². The van der Waals surface area contributed by atoms with Crippen LogP contribution in [0, 0.1) is 23.1 Å². The van der Waals surface area contributed by atoms with Gasteiger partial charge in [0.2, 0.25) is 5.91 Å². The first-order valence-electron chi connectivity index (χ1n) is 9.73. The SMILES string of the molecule is N#CC1CC(OCC(=O)NC23CC(n4cnc(-c5ccc(Cl)c(F)c5)c4)(C2)C3)C1. The highest BCUT2D eigenvalue weighted by Crippen LogP contribution is 2.65. The average Bonchev–Trinajstić information content (AvgIpc) is 3.08. The van der Waals surface area contributed by atoms with E-state index in [1.54, 1.807) is 12.4 Å². The summed E-state index contributed by atoms with van der Waals surface area (Å²) in [6.45, 7) is 0.0505. The fourth-order valence-electron chi connectivity index (χ4n) is 4.86. The Morgan fingerprint density at radius 3 is 2.86 bits per heavy atom. The molecule has 2 aromatic rings. The van der Waals surface area contributed by atoms with Gasteiger partial charge < -0.3 is 14.6 Å². The standard InChI is InChI=1S/C21H20ClFN4O2/c22-16-2-1-14(5-17(16)23)18-7-27(12-25-18)21-9-20(10-21,11-21)26-19(28)8-29-15-3-13(4-15)6-24/h1-2,5,7,12-13,15H,3-4,8-11H2,(H,26,28). The van der Waals surface area contributed by atoms with Crippen LogP contribution in [0.15, 0.2) is 30.7 Å². The highest BCUT2D eigenvalue weighted by atomic mass is 35.5. The lowest BCUT2D eigenvalue weighted by molar-refractivity contribution is -0.160. The fraction of sp³-hybridized carbons (Fsp3) is 0.476. The van der Waals surface area contributed by atoms with Crippen LogP contribution in [0.25, 0.3) is 11.3 Å². The van der Waals surface area contributed by atoms with Gasteiger partial charge in [-0.05, 0) is 44.2 Å². The molecule has 6 rings (SSSR count). The molecule has 0 spiro atoms. The Hall–Kier alpha value is -2.43. The van der Waals surface area contributed by atoms with Gasteiger partial charge in [-0.2, -0.15) is 5.26 Å². The van der Waals surface area contributed by atoms with Crippen LogP contribution in [0.1, 0.15) is 32.1 Å². The van der Waals surface area contributed by atoms with Gasteiger partial charge in [0.1, 0.15) is 12.4 Å². The first kappa shape index (κ1) is 18.6. The van der Waals surface area contributed by atoms with Gasteiger partial charge in [0.15, 0.2) is 0 Å². The van der Waals surface area contributed by atoms with Gasteiger partial charge in [-0.1, -0.05) is 17.7 Å². The zero-order valence-electron chi connectivity index (χ0n) is 15.7. The topological polar surface area (TPSA) is 79.9 Å². The van der Waals surface area contributed by atoms with Crippen molar-refractivity contribution in [1.82, 2.24) is 14.9 Å². The van der Waals surface area contributed by atoms with Crippen molar-refractivity contribution in [3.05, 3.63) is 41.6 Å². The van der Waals surface area contributed by atoms with Gasteiger partial charge in [0, 0.05) is 17.3 Å². The van der Waals surface area contributed by atoms with Crippen LogP contribution in [-0.2, 0) is 15.1 Å². The molecule has 1 amide bonds. The summed E-state index contributed by atoms with van der Waals surface area (Å²) in [5, 5.41) is 12.0. The number of nitrogens with zero attached hydrogens (tertiary/aromatic N) is 3. The van der Waals surface area contributed by atoms with Gasteiger partial charge in [-0.3, -0.25) is 4.79 Å². The second kappa shape index (κ2) is 6.54. The number of hydrogen-bond acceptors (Lipinski definition) is 4. The van der Waals surface area contributed by atoms with E-state index in [1.807, 2.05) is 6.20 Å². The number of amides is 1. The maximum atomic E-state index is 13.7. The number of carbonyl (C=O) groups excluding carboxylic acids is 1. The number of rotatable bonds is 6. The molecule has 2 bridgehead atoms. The van der Waals surface area contributed by atoms with E-state index in [-0.39, 0.29) is 40.6 Å².